The molecule has 0 radical (unpaired) electrons. The van der Waals surface area contributed by atoms with Crippen LogP contribution in [-0.2, 0) is 4.79 Å². The van der Waals surface area contributed by atoms with E-state index in [-0.39, 0.29) is 18.0 Å². The van der Waals surface area contributed by atoms with E-state index in [1.165, 1.54) is 10.4 Å². The van der Waals surface area contributed by atoms with Crippen LogP contribution < -0.4 is 15.5 Å². The first kappa shape index (κ1) is 20.5. The Kier molecular flexibility index (Phi) is 5.83. The van der Waals surface area contributed by atoms with Crippen LogP contribution in [0, 0.1) is 13.8 Å². The van der Waals surface area contributed by atoms with Crippen molar-refractivity contribution in [3.8, 4) is 0 Å². The lowest BCUT2D eigenvalue weighted by Gasteiger charge is -2.28. The maximum absolute atomic E-state index is 11.8. The molecule has 154 valence electrons. The fraction of sp³-hybridized carbons (Fsp3) is 0.261. The summed E-state index contributed by atoms with van der Waals surface area (Å²) in [6.45, 7) is 5.98. The molecule has 1 amide bonds. The zero-order chi connectivity index (χ0) is 21.3. The van der Waals surface area contributed by atoms with Crippen LogP contribution in [0.15, 0.2) is 54.0 Å². The molecule has 0 aliphatic carbocycles. The van der Waals surface area contributed by atoms with E-state index >= 15 is 0 Å². The lowest BCUT2D eigenvalue weighted by molar-refractivity contribution is -0.115. The predicted octanol–water partition coefficient (Wildman–Crippen LogP) is 5.29. The van der Waals surface area contributed by atoms with E-state index in [0.717, 1.165) is 22.6 Å². The molecule has 3 heterocycles. The minimum absolute atomic E-state index is 0.00267. The normalized spacial score (nSPS) is 18.4. The quantitative estimate of drug-likeness (QED) is 0.533. The third kappa shape index (κ3) is 3.82. The SMILES string of the molecule is CCC(=O)Nc1ccc(N2C(=S)NC(c3ccccn3)C2c2sccc2C)cc1C. The molecule has 1 saturated heterocycles. The Bertz CT molecular complexity index is 1080. The first-order valence-corrected chi connectivity index (χ1v) is 11.2. The average Bonchev–Trinajstić information content (AvgIpc) is 3.32. The van der Waals surface area contributed by atoms with Gasteiger partial charge in [-0.25, -0.2) is 0 Å². The van der Waals surface area contributed by atoms with Crippen LogP contribution in [0.5, 0.6) is 0 Å². The minimum atomic E-state index is -0.0455. The summed E-state index contributed by atoms with van der Waals surface area (Å²) in [5.74, 6) is 0.00603. The van der Waals surface area contributed by atoms with Gasteiger partial charge in [-0.15, -0.1) is 11.3 Å². The van der Waals surface area contributed by atoms with Crippen molar-refractivity contribution in [2.24, 2.45) is 0 Å². The maximum Gasteiger partial charge on any atom is 0.224 e. The molecule has 7 heteroatoms. The Balaban J connectivity index is 1.76. The fourth-order valence-electron chi connectivity index (χ4n) is 3.76. The number of amides is 1. The minimum Gasteiger partial charge on any atom is -0.351 e. The van der Waals surface area contributed by atoms with Gasteiger partial charge in [-0.2, -0.15) is 0 Å². The molecule has 5 nitrogen and oxygen atoms in total. The number of nitrogens with one attached hydrogen (secondary N) is 2. The Morgan fingerprint density at radius 1 is 1.23 bits per heavy atom. The molecule has 2 aromatic heterocycles. The molecule has 0 saturated carbocycles. The lowest BCUT2D eigenvalue weighted by atomic mass is 10.00. The van der Waals surface area contributed by atoms with E-state index in [2.05, 4.69) is 45.0 Å². The van der Waals surface area contributed by atoms with Crippen molar-refractivity contribution in [3.05, 3.63) is 75.7 Å². The molecular formula is C23H24N4OS2. The third-order valence-electron chi connectivity index (χ3n) is 5.35. The monoisotopic (exact) mass is 436 g/mol. The van der Waals surface area contributed by atoms with Gasteiger partial charge >= 0.3 is 0 Å². The zero-order valence-corrected chi connectivity index (χ0v) is 18.8. The highest BCUT2D eigenvalue weighted by atomic mass is 32.1. The molecule has 30 heavy (non-hydrogen) atoms. The summed E-state index contributed by atoms with van der Waals surface area (Å²) in [5, 5.41) is 9.24. The van der Waals surface area contributed by atoms with Gasteiger partial charge in [0, 0.05) is 28.9 Å². The van der Waals surface area contributed by atoms with Crippen LogP contribution in [0.4, 0.5) is 11.4 Å². The van der Waals surface area contributed by atoms with Crippen molar-refractivity contribution in [1.82, 2.24) is 10.3 Å². The van der Waals surface area contributed by atoms with Gasteiger partial charge < -0.3 is 15.5 Å². The summed E-state index contributed by atoms with van der Waals surface area (Å²) in [6, 6.07) is 14.1. The zero-order valence-electron chi connectivity index (χ0n) is 17.2. The van der Waals surface area contributed by atoms with E-state index in [9.17, 15) is 4.79 Å². The van der Waals surface area contributed by atoms with E-state index in [4.69, 9.17) is 12.2 Å². The topological polar surface area (TPSA) is 57.3 Å². The van der Waals surface area contributed by atoms with Gasteiger partial charge in [0.25, 0.3) is 0 Å². The van der Waals surface area contributed by atoms with Crippen LogP contribution >= 0.6 is 23.6 Å². The molecular weight excluding hydrogens is 412 g/mol. The largest absolute Gasteiger partial charge is 0.351 e. The number of thiophene rings is 1. The average molecular weight is 437 g/mol. The van der Waals surface area contributed by atoms with Crippen molar-refractivity contribution in [2.45, 2.75) is 39.3 Å². The number of aromatic nitrogens is 1. The van der Waals surface area contributed by atoms with Gasteiger partial charge in [-0.1, -0.05) is 13.0 Å². The van der Waals surface area contributed by atoms with Crippen LogP contribution in [0.25, 0.3) is 0 Å². The summed E-state index contributed by atoms with van der Waals surface area (Å²) in [4.78, 5) is 19.8. The number of rotatable bonds is 5. The summed E-state index contributed by atoms with van der Waals surface area (Å²) in [6.07, 6.45) is 2.27. The number of carbonyl (C=O) groups is 1. The molecule has 2 N–H and O–H groups in total. The van der Waals surface area contributed by atoms with Gasteiger partial charge in [0.15, 0.2) is 5.11 Å². The number of hydrogen-bond acceptors (Lipinski definition) is 4. The molecule has 1 aliphatic heterocycles. The molecule has 1 aliphatic rings. The first-order chi connectivity index (χ1) is 14.5. The Morgan fingerprint density at radius 2 is 2.07 bits per heavy atom. The van der Waals surface area contributed by atoms with Crippen molar-refractivity contribution < 1.29 is 4.79 Å². The molecule has 3 aromatic rings. The number of anilines is 2. The Hall–Kier alpha value is -2.77. The van der Waals surface area contributed by atoms with Gasteiger partial charge in [-0.3, -0.25) is 9.78 Å². The summed E-state index contributed by atoms with van der Waals surface area (Å²) < 4.78 is 0. The molecule has 1 fully saturated rings. The van der Waals surface area contributed by atoms with E-state index < -0.39 is 0 Å². The van der Waals surface area contributed by atoms with Crippen LogP contribution in [0.1, 0.15) is 47.1 Å². The van der Waals surface area contributed by atoms with Gasteiger partial charge in [0.05, 0.1) is 17.8 Å². The van der Waals surface area contributed by atoms with Crippen molar-refractivity contribution in [3.63, 3.8) is 0 Å². The predicted molar refractivity (Wildman–Crippen MR) is 127 cm³/mol. The van der Waals surface area contributed by atoms with E-state index in [0.29, 0.717) is 11.5 Å². The Morgan fingerprint density at radius 3 is 2.70 bits per heavy atom. The number of thiocarbonyl (C=S) groups is 1. The second-order valence-corrected chi connectivity index (χ2v) is 8.70. The fourth-order valence-corrected chi connectivity index (χ4v) is 5.16. The molecule has 2 unspecified atom stereocenters. The highest BCUT2D eigenvalue weighted by molar-refractivity contribution is 7.80. The van der Waals surface area contributed by atoms with E-state index in [1.807, 2.05) is 50.4 Å². The second kappa shape index (κ2) is 8.53. The molecule has 2 atom stereocenters. The molecule has 4 rings (SSSR count). The van der Waals surface area contributed by atoms with Crippen LogP contribution in [0.3, 0.4) is 0 Å². The van der Waals surface area contributed by atoms with Crippen LogP contribution in [-0.4, -0.2) is 16.0 Å². The van der Waals surface area contributed by atoms with Gasteiger partial charge in [0.2, 0.25) is 5.91 Å². The highest BCUT2D eigenvalue weighted by Crippen LogP contribution is 2.44. The van der Waals surface area contributed by atoms with E-state index in [1.54, 1.807) is 11.3 Å². The summed E-state index contributed by atoms with van der Waals surface area (Å²) >= 11 is 7.52. The van der Waals surface area contributed by atoms with Gasteiger partial charge in [-0.05, 0) is 79.0 Å². The smallest absolute Gasteiger partial charge is 0.224 e. The molecule has 1 aromatic carbocycles. The number of hydrogen-bond donors (Lipinski definition) is 2. The highest BCUT2D eigenvalue weighted by Gasteiger charge is 2.42. The third-order valence-corrected chi connectivity index (χ3v) is 6.76. The summed E-state index contributed by atoms with van der Waals surface area (Å²) in [7, 11) is 0. The van der Waals surface area contributed by atoms with Crippen LogP contribution in [0.2, 0.25) is 0 Å². The Labute approximate surface area is 186 Å². The van der Waals surface area contributed by atoms with Crippen molar-refractivity contribution in [2.75, 3.05) is 10.2 Å². The number of carbonyl (C=O) groups excluding carboxylic acids is 1. The number of benzene rings is 1. The standard InChI is InChI=1S/C23H24N4OS2/c1-4-19(28)25-17-9-8-16(13-15(17)3)27-21(22-14(2)10-12-30-22)20(26-23(27)29)18-7-5-6-11-24-18/h5-13,20-21H,4H2,1-3H3,(H,25,28)(H,26,29). The lowest BCUT2D eigenvalue weighted by Crippen LogP contribution is -2.29. The van der Waals surface area contributed by atoms with Crippen molar-refractivity contribution >= 4 is 45.9 Å². The summed E-state index contributed by atoms with van der Waals surface area (Å²) in [5.41, 5.74) is 5.03. The number of pyridine rings is 1. The number of nitrogens with zero attached hydrogens (tertiary/aromatic N) is 2. The maximum atomic E-state index is 11.8. The van der Waals surface area contributed by atoms with Gasteiger partial charge in [0.1, 0.15) is 0 Å². The molecule has 0 spiro atoms. The number of aryl methyl sites for hydroxylation is 2. The molecule has 0 bridgehead atoms. The first-order valence-electron chi connectivity index (χ1n) is 9.94. The second-order valence-electron chi connectivity index (χ2n) is 7.37. The van der Waals surface area contributed by atoms with Crippen molar-refractivity contribution in [1.29, 1.82) is 0 Å².